The Morgan fingerprint density at radius 1 is 1.44 bits per heavy atom. The molecule has 4 heteroatoms. The van der Waals surface area contributed by atoms with E-state index in [0.29, 0.717) is 6.61 Å². The molecule has 1 rings (SSSR count). The first kappa shape index (κ1) is 6.22. The van der Waals surface area contributed by atoms with Crippen molar-refractivity contribution in [3.8, 4) is 0 Å². The minimum absolute atomic E-state index is 0.706. The first-order chi connectivity index (χ1) is 4.43. The van der Waals surface area contributed by atoms with Crippen LogP contribution in [0.25, 0.3) is 0 Å². The average Bonchev–Trinajstić information content (AvgIpc) is 2.34. The van der Waals surface area contributed by atoms with E-state index in [2.05, 4.69) is 10.2 Å². The summed E-state index contributed by atoms with van der Waals surface area (Å²) in [6.07, 6.45) is 3.33. The Morgan fingerprint density at radius 2 is 2.11 bits per heavy atom. The van der Waals surface area contributed by atoms with Crippen molar-refractivity contribution in [2.24, 2.45) is 0 Å². The molecule has 0 saturated heterocycles. The van der Waals surface area contributed by atoms with Gasteiger partial charge in [-0.15, -0.1) is 10.2 Å². The summed E-state index contributed by atoms with van der Waals surface area (Å²) in [4.78, 5) is 0. The van der Waals surface area contributed by atoms with Crippen LogP contribution in [0, 0.1) is 0 Å². The maximum absolute atomic E-state index is 4.84. The summed E-state index contributed by atoms with van der Waals surface area (Å²) in [6, 6.07) is 0. The summed E-state index contributed by atoms with van der Waals surface area (Å²) in [6.45, 7) is 1.53. The van der Waals surface area contributed by atoms with Gasteiger partial charge in [0.2, 0.25) is 0 Å². The third-order valence-electron chi connectivity index (χ3n) is 1.02. The molecular formula is C5H9N3O. The van der Waals surface area contributed by atoms with Gasteiger partial charge in [-0.1, -0.05) is 0 Å². The molecule has 0 aromatic carbocycles. The van der Waals surface area contributed by atoms with Crippen molar-refractivity contribution in [3.63, 3.8) is 0 Å². The minimum Gasteiger partial charge on any atom is -0.383 e. The first-order valence-electron chi connectivity index (χ1n) is 2.75. The van der Waals surface area contributed by atoms with Crippen LogP contribution in [-0.2, 0) is 11.3 Å². The van der Waals surface area contributed by atoms with Crippen LogP contribution < -0.4 is 0 Å². The second-order valence-corrected chi connectivity index (χ2v) is 1.69. The van der Waals surface area contributed by atoms with E-state index in [-0.39, 0.29) is 0 Å². The van der Waals surface area contributed by atoms with Gasteiger partial charge in [-0.25, -0.2) is 0 Å². The molecule has 0 atom stereocenters. The molecule has 0 N–H and O–H groups in total. The molecular weight excluding hydrogens is 118 g/mol. The van der Waals surface area contributed by atoms with Crippen molar-refractivity contribution >= 4 is 0 Å². The molecule has 0 aliphatic carbocycles. The molecule has 0 amide bonds. The van der Waals surface area contributed by atoms with Crippen LogP contribution in [0.15, 0.2) is 12.7 Å². The van der Waals surface area contributed by atoms with Crippen molar-refractivity contribution < 1.29 is 4.74 Å². The molecule has 1 aromatic rings. The van der Waals surface area contributed by atoms with Gasteiger partial charge in [0.1, 0.15) is 12.7 Å². The molecule has 0 aliphatic rings. The summed E-state index contributed by atoms with van der Waals surface area (Å²) >= 11 is 0. The van der Waals surface area contributed by atoms with Gasteiger partial charge in [0.15, 0.2) is 0 Å². The van der Waals surface area contributed by atoms with Crippen molar-refractivity contribution in [3.05, 3.63) is 12.7 Å². The predicted molar refractivity (Wildman–Crippen MR) is 31.9 cm³/mol. The number of aromatic nitrogens is 3. The second-order valence-electron chi connectivity index (χ2n) is 1.69. The standard InChI is InChI=1S/C5H9N3O/c1-9-3-2-8-4-6-7-5-8/h4-5H,2-3H2,1H3. The maximum Gasteiger partial charge on any atom is 0.119 e. The molecule has 0 bridgehead atoms. The Bertz CT molecular complexity index is 149. The van der Waals surface area contributed by atoms with Crippen LogP contribution in [0.3, 0.4) is 0 Å². The summed E-state index contributed by atoms with van der Waals surface area (Å²) in [7, 11) is 1.67. The largest absolute Gasteiger partial charge is 0.383 e. The fourth-order valence-electron chi connectivity index (χ4n) is 0.534. The van der Waals surface area contributed by atoms with Crippen LogP contribution in [0.5, 0.6) is 0 Å². The highest BCUT2D eigenvalue weighted by Gasteiger charge is 1.86. The molecule has 0 spiro atoms. The van der Waals surface area contributed by atoms with Gasteiger partial charge in [-0.3, -0.25) is 0 Å². The van der Waals surface area contributed by atoms with E-state index in [0.717, 1.165) is 6.54 Å². The normalized spacial score (nSPS) is 9.89. The van der Waals surface area contributed by atoms with Crippen molar-refractivity contribution in [2.45, 2.75) is 6.54 Å². The molecule has 9 heavy (non-hydrogen) atoms. The van der Waals surface area contributed by atoms with Crippen LogP contribution in [-0.4, -0.2) is 28.5 Å². The van der Waals surface area contributed by atoms with E-state index < -0.39 is 0 Å². The number of hydrogen-bond donors (Lipinski definition) is 0. The smallest absolute Gasteiger partial charge is 0.119 e. The first-order valence-corrected chi connectivity index (χ1v) is 2.75. The Balaban J connectivity index is 2.30. The Labute approximate surface area is 53.5 Å². The van der Waals surface area contributed by atoms with E-state index in [1.54, 1.807) is 19.8 Å². The van der Waals surface area contributed by atoms with Gasteiger partial charge in [0.25, 0.3) is 0 Å². The zero-order chi connectivity index (χ0) is 6.53. The zero-order valence-electron chi connectivity index (χ0n) is 5.32. The molecule has 4 nitrogen and oxygen atoms in total. The molecule has 50 valence electrons. The Kier molecular flexibility index (Phi) is 2.21. The van der Waals surface area contributed by atoms with E-state index in [1.807, 2.05) is 4.57 Å². The van der Waals surface area contributed by atoms with Crippen molar-refractivity contribution in [2.75, 3.05) is 13.7 Å². The van der Waals surface area contributed by atoms with Crippen molar-refractivity contribution in [1.29, 1.82) is 0 Å². The van der Waals surface area contributed by atoms with Crippen LogP contribution >= 0.6 is 0 Å². The molecule has 0 saturated carbocycles. The van der Waals surface area contributed by atoms with Crippen LogP contribution in [0.1, 0.15) is 0 Å². The zero-order valence-corrected chi connectivity index (χ0v) is 5.32. The van der Waals surface area contributed by atoms with Gasteiger partial charge in [0.05, 0.1) is 6.61 Å². The van der Waals surface area contributed by atoms with Gasteiger partial charge < -0.3 is 9.30 Å². The SMILES string of the molecule is COCCn1cnnc1. The third-order valence-corrected chi connectivity index (χ3v) is 1.02. The quantitative estimate of drug-likeness (QED) is 0.570. The number of nitrogens with zero attached hydrogens (tertiary/aromatic N) is 3. The lowest BCUT2D eigenvalue weighted by atomic mass is 10.7. The lowest BCUT2D eigenvalue weighted by molar-refractivity contribution is 0.187. The number of ether oxygens (including phenoxy) is 1. The number of hydrogen-bond acceptors (Lipinski definition) is 3. The highest BCUT2D eigenvalue weighted by atomic mass is 16.5. The van der Waals surface area contributed by atoms with Gasteiger partial charge in [0, 0.05) is 13.7 Å². The molecule has 1 aromatic heterocycles. The lowest BCUT2D eigenvalue weighted by Crippen LogP contribution is -2.00. The summed E-state index contributed by atoms with van der Waals surface area (Å²) in [5.41, 5.74) is 0. The topological polar surface area (TPSA) is 39.9 Å². The van der Waals surface area contributed by atoms with Gasteiger partial charge >= 0.3 is 0 Å². The molecule has 0 aliphatic heterocycles. The highest BCUT2D eigenvalue weighted by Crippen LogP contribution is 1.80. The van der Waals surface area contributed by atoms with E-state index in [4.69, 9.17) is 4.74 Å². The average molecular weight is 127 g/mol. The summed E-state index contributed by atoms with van der Waals surface area (Å²) < 4.78 is 6.70. The second kappa shape index (κ2) is 3.19. The minimum atomic E-state index is 0.706. The fourth-order valence-corrected chi connectivity index (χ4v) is 0.534. The Hall–Kier alpha value is -0.900. The van der Waals surface area contributed by atoms with E-state index in [1.165, 1.54) is 0 Å². The van der Waals surface area contributed by atoms with Gasteiger partial charge in [-0.2, -0.15) is 0 Å². The predicted octanol–water partition coefficient (Wildman–Crippen LogP) is -0.0755. The number of rotatable bonds is 3. The highest BCUT2D eigenvalue weighted by molar-refractivity contribution is 4.58. The van der Waals surface area contributed by atoms with Crippen LogP contribution in [0.2, 0.25) is 0 Å². The summed E-state index contributed by atoms with van der Waals surface area (Å²) in [5, 5.41) is 7.26. The van der Waals surface area contributed by atoms with Crippen LogP contribution in [0.4, 0.5) is 0 Å². The molecule has 0 unspecified atom stereocenters. The van der Waals surface area contributed by atoms with E-state index >= 15 is 0 Å². The lowest BCUT2D eigenvalue weighted by Gasteiger charge is -1.96. The molecule has 0 radical (unpaired) electrons. The molecule has 1 heterocycles. The fraction of sp³-hybridized carbons (Fsp3) is 0.600. The van der Waals surface area contributed by atoms with Crippen molar-refractivity contribution in [1.82, 2.24) is 14.8 Å². The third kappa shape index (κ3) is 1.81. The Morgan fingerprint density at radius 3 is 2.67 bits per heavy atom. The van der Waals surface area contributed by atoms with Gasteiger partial charge in [-0.05, 0) is 0 Å². The number of methoxy groups -OCH3 is 1. The molecule has 0 fully saturated rings. The summed E-state index contributed by atoms with van der Waals surface area (Å²) in [5.74, 6) is 0. The monoisotopic (exact) mass is 127 g/mol. The maximum atomic E-state index is 4.84. The van der Waals surface area contributed by atoms with E-state index in [9.17, 15) is 0 Å².